The van der Waals surface area contributed by atoms with E-state index in [2.05, 4.69) is 64.8 Å². The summed E-state index contributed by atoms with van der Waals surface area (Å²) in [5.41, 5.74) is 5.62. The monoisotopic (exact) mass is 388 g/mol. The van der Waals surface area contributed by atoms with Crippen LogP contribution in [-0.2, 0) is 4.74 Å². The van der Waals surface area contributed by atoms with Crippen LogP contribution in [0.3, 0.4) is 0 Å². The molecule has 0 aliphatic rings. The highest BCUT2D eigenvalue weighted by molar-refractivity contribution is 9.10. The summed E-state index contributed by atoms with van der Waals surface area (Å²) in [5.74, 6) is 0. The summed E-state index contributed by atoms with van der Waals surface area (Å²) in [7, 11) is 3.77. The van der Waals surface area contributed by atoms with Gasteiger partial charge in [0.15, 0.2) is 0 Å². The Morgan fingerprint density at radius 1 is 1.17 bits per heavy atom. The highest BCUT2D eigenvalue weighted by Gasteiger charge is 2.19. The first-order valence-corrected chi connectivity index (χ1v) is 8.90. The Hall–Kier alpha value is -1.65. The number of methoxy groups -OCH3 is 1. The summed E-state index contributed by atoms with van der Waals surface area (Å²) >= 11 is 3.63. The first kappa shape index (κ1) is 18.7. The summed E-state index contributed by atoms with van der Waals surface area (Å²) in [6.45, 7) is 7.25. The van der Waals surface area contributed by atoms with Crippen LogP contribution in [0.2, 0.25) is 0 Å². The molecule has 0 heterocycles. The SMILES string of the molecule is CCN(C)C=Nc1cc(C)c(C(OC)c2ccccc2Br)cc1C. The molecule has 4 heteroatoms. The van der Waals surface area contributed by atoms with Crippen LogP contribution in [-0.4, -0.2) is 31.9 Å². The Morgan fingerprint density at radius 2 is 1.88 bits per heavy atom. The molecule has 2 aromatic rings. The van der Waals surface area contributed by atoms with Crippen molar-refractivity contribution in [2.24, 2.45) is 4.99 Å². The van der Waals surface area contributed by atoms with E-state index >= 15 is 0 Å². The van der Waals surface area contributed by atoms with Gasteiger partial charge < -0.3 is 9.64 Å². The summed E-state index contributed by atoms with van der Waals surface area (Å²) in [4.78, 5) is 6.66. The van der Waals surface area contributed by atoms with E-state index in [0.29, 0.717) is 0 Å². The van der Waals surface area contributed by atoms with Gasteiger partial charge in [-0.2, -0.15) is 0 Å². The minimum absolute atomic E-state index is 0.101. The molecule has 0 saturated carbocycles. The lowest BCUT2D eigenvalue weighted by Crippen LogP contribution is -2.14. The molecule has 2 aromatic carbocycles. The lowest BCUT2D eigenvalue weighted by molar-refractivity contribution is 0.135. The first-order valence-electron chi connectivity index (χ1n) is 8.10. The van der Waals surface area contributed by atoms with E-state index in [4.69, 9.17) is 4.74 Å². The average Bonchev–Trinajstić information content (AvgIpc) is 2.58. The molecule has 128 valence electrons. The first-order chi connectivity index (χ1) is 11.5. The van der Waals surface area contributed by atoms with E-state index in [-0.39, 0.29) is 6.10 Å². The molecule has 0 spiro atoms. The maximum atomic E-state index is 5.82. The highest BCUT2D eigenvalue weighted by Crippen LogP contribution is 2.35. The summed E-state index contributed by atoms with van der Waals surface area (Å²) < 4.78 is 6.87. The van der Waals surface area contributed by atoms with Crippen LogP contribution >= 0.6 is 15.9 Å². The highest BCUT2D eigenvalue weighted by atomic mass is 79.9. The summed E-state index contributed by atoms with van der Waals surface area (Å²) in [6.07, 6.45) is 1.78. The number of nitrogens with zero attached hydrogens (tertiary/aromatic N) is 2. The van der Waals surface area contributed by atoms with Gasteiger partial charge in [-0.05, 0) is 55.2 Å². The normalized spacial score (nSPS) is 12.6. The molecular formula is C20H25BrN2O. The van der Waals surface area contributed by atoms with Crippen LogP contribution in [0.1, 0.15) is 35.3 Å². The Kier molecular flexibility index (Phi) is 6.58. The lowest BCUT2D eigenvalue weighted by atomic mass is 9.95. The number of hydrogen-bond acceptors (Lipinski definition) is 2. The molecule has 0 radical (unpaired) electrons. The second-order valence-electron chi connectivity index (χ2n) is 5.95. The molecule has 0 fully saturated rings. The molecule has 0 N–H and O–H groups in total. The number of aliphatic imine (C=N–C) groups is 1. The fraction of sp³-hybridized carbons (Fsp3) is 0.350. The summed E-state index contributed by atoms with van der Waals surface area (Å²) in [6, 6.07) is 12.5. The average molecular weight is 389 g/mol. The Labute approximate surface area is 153 Å². The molecule has 1 atom stereocenters. The molecular weight excluding hydrogens is 364 g/mol. The van der Waals surface area contributed by atoms with Gasteiger partial charge in [0.1, 0.15) is 6.10 Å². The van der Waals surface area contributed by atoms with Gasteiger partial charge in [0, 0.05) is 25.2 Å². The molecule has 1 unspecified atom stereocenters. The zero-order valence-electron chi connectivity index (χ0n) is 15.0. The molecule has 0 saturated heterocycles. The van der Waals surface area contributed by atoms with E-state index in [9.17, 15) is 0 Å². The van der Waals surface area contributed by atoms with Crippen molar-refractivity contribution in [2.45, 2.75) is 26.9 Å². The van der Waals surface area contributed by atoms with Crippen LogP contribution in [0.5, 0.6) is 0 Å². The zero-order chi connectivity index (χ0) is 17.7. The summed E-state index contributed by atoms with van der Waals surface area (Å²) in [5, 5.41) is 0. The molecule has 0 bridgehead atoms. The molecule has 0 aliphatic carbocycles. The van der Waals surface area contributed by atoms with Gasteiger partial charge in [0.25, 0.3) is 0 Å². The Bertz CT molecular complexity index is 728. The minimum atomic E-state index is -0.101. The van der Waals surface area contributed by atoms with Crippen molar-refractivity contribution < 1.29 is 4.74 Å². The Morgan fingerprint density at radius 3 is 2.50 bits per heavy atom. The largest absolute Gasteiger partial charge is 0.372 e. The van der Waals surface area contributed by atoms with Crippen LogP contribution in [0.25, 0.3) is 0 Å². The fourth-order valence-electron chi connectivity index (χ4n) is 2.60. The second kappa shape index (κ2) is 8.45. The van der Waals surface area contributed by atoms with Crippen molar-refractivity contribution >= 4 is 28.0 Å². The van der Waals surface area contributed by atoms with Gasteiger partial charge in [-0.3, -0.25) is 0 Å². The zero-order valence-corrected chi connectivity index (χ0v) is 16.6. The van der Waals surface area contributed by atoms with Gasteiger partial charge >= 0.3 is 0 Å². The number of rotatable bonds is 6. The van der Waals surface area contributed by atoms with E-state index in [0.717, 1.165) is 27.8 Å². The molecule has 3 nitrogen and oxygen atoms in total. The van der Waals surface area contributed by atoms with E-state index in [1.165, 1.54) is 11.1 Å². The topological polar surface area (TPSA) is 24.8 Å². The van der Waals surface area contributed by atoms with Gasteiger partial charge in [-0.15, -0.1) is 0 Å². The van der Waals surface area contributed by atoms with Crippen LogP contribution in [0.4, 0.5) is 5.69 Å². The van der Waals surface area contributed by atoms with E-state index in [1.54, 1.807) is 7.11 Å². The van der Waals surface area contributed by atoms with Crippen LogP contribution in [0, 0.1) is 13.8 Å². The minimum Gasteiger partial charge on any atom is -0.372 e. The maximum Gasteiger partial charge on any atom is 0.109 e. The molecule has 0 aromatic heterocycles. The molecule has 0 aliphatic heterocycles. The smallest absolute Gasteiger partial charge is 0.109 e. The van der Waals surface area contributed by atoms with Crippen molar-refractivity contribution in [3.05, 3.63) is 63.1 Å². The Balaban J connectivity index is 2.42. The number of aryl methyl sites for hydroxylation is 2. The van der Waals surface area contributed by atoms with Gasteiger partial charge in [-0.25, -0.2) is 4.99 Å². The maximum absolute atomic E-state index is 5.82. The molecule has 2 rings (SSSR count). The predicted octanol–water partition coefficient (Wildman–Crippen LogP) is 5.41. The van der Waals surface area contributed by atoms with Crippen molar-refractivity contribution in [1.29, 1.82) is 0 Å². The number of benzene rings is 2. The number of halogens is 1. The third-order valence-corrected chi connectivity index (χ3v) is 4.91. The molecule has 0 amide bonds. The van der Waals surface area contributed by atoms with Crippen molar-refractivity contribution in [2.75, 3.05) is 20.7 Å². The molecule has 24 heavy (non-hydrogen) atoms. The quantitative estimate of drug-likeness (QED) is 0.487. The predicted molar refractivity (Wildman–Crippen MR) is 105 cm³/mol. The third kappa shape index (κ3) is 4.25. The fourth-order valence-corrected chi connectivity index (χ4v) is 3.09. The van der Waals surface area contributed by atoms with E-state index in [1.807, 2.05) is 31.6 Å². The van der Waals surface area contributed by atoms with Gasteiger partial charge in [-0.1, -0.05) is 40.2 Å². The van der Waals surface area contributed by atoms with Crippen LogP contribution < -0.4 is 0 Å². The van der Waals surface area contributed by atoms with E-state index < -0.39 is 0 Å². The van der Waals surface area contributed by atoms with Crippen molar-refractivity contribution in [3.8, 4) is 0 Å². The number of hydrogen-bond donors (Lipinski definition) is 0. The lowest BCUT2D eigenvalue weighted by Gasteiger charge is -2.21. The van der Waals surface area contributed by atoms with Gasteiger partial charge in [0.05, 0.1) is 12.0 Å². The second-order valence-corrected chi connectivity index (χ2v) is 6.80. The van der Waals surface area contributed by atoms with Crippen molar-refractivity contribution in [1.82, 2.24) is 4.90 Å². The number of ether oxygens (including phenoxy) is 1. The van der Waals surface area contributed by atoms with Gasteiger partial charge in [0.2, 0.25) is 0 Å². The van der Waals surface area contributed by atoms with Crippen LogP contribution in [0.15, 0.2) is 45.9 Å². The third-order valence-electron chi connectivity index (χ3n) is 4.18. The van der Waals surface area contributed by atoms with Crippen molar-refractivity contribution in [3.63, 3.8) is 0 Å². The standard InChI is InChI=1S/C20H25BrN2O/c1-6-23(4)13-22-19-12-14(2)17(11-15(19)3)20(24-5)16-9-7-8-10-18(16)21/h7-13,20H,6H2,1-5H3.